The Balaban J connectivity index is 1.32. The average molecular weight is 425 g/mol. The van der Waals surface area contributed by atoms with E-state index >= 15 is 0 Å². The molecule has 5 heteroatoms. The third kappa shape index (κ3) is 4.56. The van der Waals surface area contributed by atoms with Crippen LogP contribution in [0.2, 0.25) is 5.02 Å². The summed E-state index contributed by atoms with van der Waals surface area (Å²) in [5.74, 6) is 1.06. The maximum absolute atomic E-state index is 8.88. The Hall–Kier alpha value is -1.88. The summed E-state index contributed by atoms with van der Waals surface area (Å²) in [6, 6.07) is 12.7. The third-order valence-electron chi connectivity index (χ3n) is 6.95. The van der Waals surface area contributed by atoms with E-state index in [9.17, 15) is 0 Å². The number of halogens is 1. The SMILES string of the molecule is Cc1cc2c(cc1C)C(N)N(C(=N)C1CCN(CCc3ccc(Cl)cc3)CC1)CC2. The molecule has 0 bridgehead atoms. The molecule has 0 spiro atoms. The summed E-state index contributed by atoms with van der Waals surface area (Å²) >= 11 is 5.98. The molecule has 0 aromatic heterocycles. The summed E-state index contributed by atoms with van der Waals surface area (Å²) < 4.78 is 0. The minimum Gasteiger partial charge on any atom is -0.340 e. The zero-order chi connectivity index (χ0) is 21.3. The van der Waals surface area contributed by atoms with Crippen LogP contribution in [0.1, 0.15) is 46.8 Å². The minimum absolute atomic E-state index is 0.191. The third-order valence-corrected chi connectivity index (χ3v) is 7.20. The first-order valence-electron chi connectivity index (χ1n) is 11.1. The van der Waals surface area contributed by atoms with E-state index in [0.717, 1.165) is 62.7 Å². The van der Waals surface area contributed by atoms with Crippen LogP contribution in [0.5, 0.6) is 0 Å². The van der Waals surface area contributed by atoms with Gasteiger partial charge in [-0.25, -0.2) is 0 Å². The monoisotopic (exact) mass is 424 g/mol. The molecule has 3 N–H and O–H groups in total. The molecule has 1 saturated heterocycles. The molecule has 2 aliphatic heterocycles. The molecule has 4 nitrogen and oxygen atoms in total. The van der Waals surface area contributed by atoms with Gasteiger partial charge in [-0.2, -0.15) is 0 Å². The molecule has 0 saturated carbocycles. The van der Waals surface area contributed by atoms with Gasteiger partial charge in [0.2, 0.25) is 0 Å². The predicted molar refractivity (Wildman–Crippen MR) is 125 cm³/mol. The second-order valence-electron chi connectivity index (χ2n) is 8.90. The van der Waals surface area contributed by atoms with Crippen molar-refractivity contribution in [1.82, 2.24) is 9.80 Å². The summed E-state index contributed by atoms with van der Waals surface area (Å²) in [5, 5.41) is 9.68. The number of rotatable bonds is 4. The fourth-order valence-electron chi connectivity index (χ4n) is 4.81. The lowest BCUT2D eigenvalue weighted by atomic mass is 9.89. The Morgan fingerprint density at radius 2 is 1.73 bits per heavy atom. The molecule has 2 aromatic carbocycles. The van der Waals surface area contributed by atoms with E-state index in [1.807, 2.05) is 12.1 Å². The van der Waals surface area contributed by atoms with Crippen LogP contribution in [0.4, 0.5) is 0 Å². The normalized spacial score (nSPS) is 20.3. The summed E-state index contributed by atoms with van der Waals surface area (Å²) in [6.45, 7) is 8.34. The van der Waals surface area contributed by atoms with Crippen molar-refractivity contribution >= 4 is 17.4 Å². The molecule has 1 unspecified atom stereocenters. The molecule has 0 amide bonds. The number of nitrogens with two attached hydrogens (primary N) is 1. The van der Waals surface area contributed by atoms with Crippen molar-refractivity contribution < 1.29 is 0 Å². The maximum Gasteiger partial charge on any atom is 0.104 e. The number of hydrogen-bond donors (Lipinski definition) is 2. The number of likely N-dealkylation sites (tertiary alicyclic amines) is 1. The topological polar surface area (TPSA) is 56.4 Å². The van der Waals surface area contributed by atoms with Crippen LogP contribution in [0.15, 0.2) is 36.4 Å². The first-order valence-corrected chi connectivity index (χ1v) is 11.5. The lowest BCUT2D eigenvalue weighted by Crippen LogP contribution is -2.48. The van der Waals surface area contributed by atoms with Crippen LogP contribution in [-0.4, -0.2) is 41.8 Å². The van der Waals surface area contributed by atoms with E-state index in [0.29, 0.717) is 5.92 Å². The minimum atomic E-state index is -0.191. The molecule has 2 aliphatic rings. The van der Waals surface area contributed by atoms with Gasteiger partial charge in [0.25, 0.3) is 0 Å². The highest BCUT2D eigenvalue weighted by Crippen LogP contribution is 2.31. The lowest BCUT2D eigenvalue weighted by molar-refractivity contribution is 0.196. The maximum atomic E-state index is 8.88. The highest BCUT2D eigenvalue weighted by atomic mass is 35.5. The molecule has 1 atom stereocenters. The molecule has 30 heavy (non-hydrogen) atoms. The van der Waals surface area contributed by atoms with Crippen molar-refractivity contribution in [2.24, 2.45) is 11.7 Å². The smallest absolute Gasteiger partial charge is 0.104 e. The Labute approximate surface area is 185 Å². The van der Waals surface area contributed by atoms with Gasteiger partial charge in [-0.3, -0.25) is 5.41 Å². The van der Waals surface area contributed by atoms with Gasteiger partial charge >= 0.3 is 0 Å². The molecule has 0 radical (unpaired) electrons. The van der Waals surface area contributed by atoms with Gasteiger partial charge in [-0.15, -0.1) is 0 Å². The molecule has 4 rings (SSSR count). The quantitative estimate of drug-likeness (QED) is 0.552. The van der Waals surface area contributed by atoms with E-state index in [2.05, 4.69) is 47.9 Å². The van der Waals surface area contributed by atoms with Crippen LogP contribution in [0.3, 0.4) is 0 Å². The largest absolute Gasteiger partial charge is 0.340 e. The number of nitrogens with zero attached hydrogens (tertiary/aromatic N) is 2. The van der Waals surface area contributed by atoms with Gasteiger partial charge in [0.15, 0.2) is 0 Å². The highest BCUT2D eigenvalue weighted by molar-refractivity contribution is 6.30. The molecule has 1 fully saturated rings. The van der Waals surface area contributed by atoms with E-state index in [1.54, 1.807) is 0 Å². The fourth-order valence-corrected chi connectivity index (χ4v) is 4.94. The fraction of sp³-hybridized carbons (Fsp3) is 0.480. The van der Waals surface area contributed by atoms with Crippen LogP contribution >= 0.6 is 11.6 Å². The van der Waals surface area contributed by atoms with Crippen molar-refractivity contribution in [3.8, 4) is 0 Å². The van der Waals surface area contributed by atoms with Crippen LogP contribution in [0, 0.1) is 25.2 Å². The van der Waals surface area contributed by atoms with Crippen LogP contribution < -0.4 is 5.73 Å². The molecule has 160 valence electrons. The molecular weight excluding hydrogens is 392 g/mol. The number of piperidine rings is 1. The van der Waals surface area contributed by atoms with Crippen LogP contribution in [0.25, 0.3) is 0 Å². The van der Waals surface area contributed by atoms with Crippen molar-refractivity contribution in [1.29, 1.82) is 5.41 Å². The number of aryl methyl sites for hydroxylation is 2. The van der Waals surface area contributed by atoms with Crippen molar-refractivity contribution in [2.45, 2.75) is 45.7 Å². The number of hydrogen-bond acceptors (Lipinski definition) is 3. The number of fused-ring (bicyclic) bond motifs is 1. The summed E-state index contributed by atoms with van der Waals surface area (Å²) in [4.78, 5) is 4.67. The van der Waals surface area contributed by atoms with Gasteiger partial charge in [-0.05, 0) is 92.6 Å². The van der Waals surface area contributed by atoms with Gasteiger partial charge in [0.05, 0.1) is 0 Å². The van der Waals surface area contributed by atoms with Gasteiger partial charge in [0, 0.05) is 24.0 Å². The first-order chi connectivity index (χ1) is 14.4. The molecular formula is C25H33ClN4. The molecule has 0 aliphatic carbocycles. The summed E-state index contributed by atoms with van der Waals surface area (Å²) in [5.41, 5.74) is 13.1. The van der Waals surface area contributed by atoms with Gasteiger partial charge in [0.1, 0.15) is 12.0 Å². The van der Waals surface area contributed by atoms with Crippen molar-refractivity contribution in [3.05, 3.63) is 69.2 Å². The number of amidine groups is 1. The summed E-state index contributed by atoms with van der Waals surface area (Å²) in [6.07, 6.45) is 3.92. The summed E-state index contributed by atoms with van der Waals surface area (Å²) in [7, 11) is 0. The predicted octanol–water partition coefficient (Wildman–Crippen LogP) is 4.70. The Morgan fingerprint density at radius 3 is 2.43 bits per heavy atom. The Kier molecular flexibility index (Phi) is 6.47. The molecule has 2 aromatic rings. The van der Waals surface area contributed by atoms with Gasteiger partial charge in [-0.1, -0.05) is 35.9 Å². The van der Waals surface area contributed by atoms with E-state index in [1.165, 1.54) is 27.8 Å². The molecule has 2 heterocycles. The van der Waals surface area contributed by atoms with Crippen molar-refractivity contribution in [2.75, 3.05) is 26.2 Å². The standard InChI is InChI=1S/C25H33ClN4/c1-17-15-21-10-14-30(25(28)23(21)16-18(17)2)24(27)20-8-12-29(13-9-20)11-7-19-3-5-22(26)6-4-19/h3-6,15-16,20,25,27H,7-14,28H2,1-2H3. The van der Waals surface area contributed by atoms with E-state index < -0.39 is 0 Å². The lowest BCUT2D eigenvalue weighted by Gasteiger charge is -2.41. The van der Waals surface area contributed by atoms with Crippen molar-refractivity contribution in [3.63, 3.8) is 0 Å². The second-order valence-corrected chi connectivity index (χ2v) is 9.34. The number of benzene rings is 2. The first kappa shape index (κ1) is 21.4. The Morgan fingerprint density at radius 1 is 1.07 bits per heavy atom. The second kappa shape index (κ2) is 9.09. The number of nitrogens with one attached hydrogen (secondary N) is 1. The average Bonchev–Trinajstić information content (AvgIpc) is 2.75. The van der Waals surface area contributed by atoms with Gasteiger partial charge < -0.3 is 15.5 Å². The van der Waals surface area contributed by atoms with Crippen LogP contribution in [-0.2, 0) is 12.8 Å². The zero-order valence-electron chi connectivity index (χ0n) is 18.1. The highest BCUT2D eigenvalue weighted by Gasteiger charge is 2.32. The Bertz CT molecular complexity index is 900. The van der Waals surface area contributed by atoms with E-state index in [-0.39, 0.29) is 6.17 Å². The zero-order valence-corrected chi connectivity index (χ0v) is 18.9. The van der Waals surface area contributed by atoms with E-state index in [4.69, 9.17) is 22.7 Å².